The number of rotatable bonds is 21. The summed E-state index contributed by atoms with van der Waals surface area (Å²) in [6.45, 7) is 11.0. The summed E-state index contributed by atoms with van der Waals surface area (Å²) in [5.74, 6) is 7.12. The van der Waals surface area contributed by atoms with Crippen LogP contribution < -0.4 is 14.2 Å². The number of fused-ring (bicyclic) bond motifs is 3. The van der Waals surface area contributed by atoms with Gasteiger partial charge < -0.3 is 23.7 Å². The van der Waals surface area contributed by atoms with E-state index in [0.29, 0.717) is 30.1 Å². The fraction of sp³-hybridized carbons (Fsp3) is 0.449. The summed E-state index contributed by atoms with van der Waals surface area (Å²) in [5.41, 5.74) is 6.68. The summed E-state index contributed by atoms with van der Waals surface area (Å²) in [6, 6.07) is 24.0. The zero-order valence-corrected chi connectivity index (χ0v) is 33.4. The first-order chi connectivity index (χ1) is 27.4. The van der Waals surface area contributed by atoms with E-state index in [-0.39, 0.29) is 17.1 Å². The molecule has 1 aliphatic carbocycles. The van der Waals surface area contributed by atoms with Crippen LogP contribution in [0.25, 0.3) is 11.1 Å². The third-order valence-corrected chi connectivity index (χ3v) is 11.1. The maximum atomic E-state index is 14.8. The Kier molecular flexibility index (Phi) is 15.0. The number of hydrogen-bond acceptors (Lipinski definition) is 6. The van der Waals surface area contributed by atoms with Gasteiger partial charge in [0.25, 0.3) is 0 Å². The normalized spacial score (nSPS) is 14.9. The molecule has 0 bridgehead atoms. The topological polar surface area (TPSA) is 63.2 Å². The second-order valence-electron chi connectivity index (χ2n) is 15.4. The molecule has 1 unspecified atom stereocenters. The third kappa shape index (κ3) is 11.0. The van der Waals surface area contributed by atoms with E-state index in [1.165, 1.54) is 31.7 Å². The predicted octanol–water partition coefficient (Wildman–Crippen LogP) is 11.7. The highest BCUT2D eigenvalue weighted by Gasteiger charge is 2.36. The summed E-state index contributed by atoms with van der Waals surface area (Å²) in [4.78, 5) is 13.1. The first-order valence-corrected chi connectivity index (χ1v) is 20.7. The van der Waals surface area contributed by atoms with Crippen molar-refractivity contribution in [3.05, 3.63) is 112 Å². The fourth-order valence-corrected chi connectivity index (χ4v) is 7.30. The van der Waals surface area contributed by atoms with Gasteiger partial charge in [0.2, 0.25) is 0 Å². The lowest BCUT2D eigenvalue weighted by molar-refractivity contribution is -0.150. The van der Waals surface area contributed by atoms with Crippen molar-refractivity contribution in [1.29, 1.82) is 0 Å². The van der Waals surface area contributed by atoms with E-state index in [9.17, 15) is 9.18 Å². The quantitative estimate of drug-likeness (QED) is 0.0365. The zero-order valence-electron chi connectivity index (χ0n) is 33.4. The second kappa shape index (κ2) is 20.5. The maximum Gasteiger partial charge on any atom is 0.343 e. The van der Waals surface area contributed by atoms with Crippen LogP contribution in [0.2, 0.25) is 0 Å². The number of hydrogen-bond donors (Lipinski definition) is 0. The Morgan fingerprint density at radius 1 is 0.714 bits per heavy atom. The Morgan fingerprint density at radius 3 is 2.00 bits per heavy atom. The molecule has 0 saturated carbocycles. The molecule has 4 aromatic rings. The van der Waals surface area contributed by atoms with E-state index in [0.717, 1.165) is 105 Å². The van der Waals surface area contributed by atoms with Crippen LogP contribution >= 0.6 is 0 Å². The number of halogens is 1. The van der Waals surface area contributed by atoms with Crippen LogP contribution in [0.4, 0.5) is 4.39 Å². The first-order valence-electron chi connectivity index (χ1n) is 20.7. The van der Waals surface area contributed by atoms with Gasteiger partial charge in [-0.05, 0) is 121 Å². The molecule has 1 atom stereocenters. The van der Waals surface area contributed by atoms with Crippen LogP contribution in [0.5, 0.6) is 17.2 Å². The van der Waals surface area contributed by atoms with Crippen molar-refractivity contribution in [2.24, 2.45) is 5.41 Å². The minimum absolute atomic E-state index is 0.0894. The lowest BCUT2D eigenvalue weighted by Gasteiger charge is -2.40. The molecule has 1 fully saturated rings. The van der Waals surface area contributed by atoms with Gasteiger partial charge in [-0.3, -0.25) is 0 Å². The average molecular weight is 761 g/mol. The molecule has 4 aromatic carbocycles. The molecule has 0 N–H and O–H groups in total. The lowest BCUT2D eigenvalue weighted by Crippen LogP contribution is -2.45. The molecule has 2 aliphatic rings. The first kappa shape index (κ1) is 41.0. The molecule has 0 aromatic heterocycles. The smallest absolute Gasteiger partial charge is 0.343 e. The van der Waals surface area contributed by atoms with Crippen molar-refractivity contribution in [3.8, 4) is 40.2 Å². The largest absolute Gasteiger partial charge is 0.494 e. The second-order valence-corrected chi connectivity index (χ2v) is 15.4. The number of carbonyl (C=O) groups excluding carboxylic acids is 1. The predicted molar refractivity (Wildman–Crippen MR) is 220 cm³/mol. The van der Waals surface area contributed by atoms with Crippen molar-refractivity contribution in [3.63, 3.8) is 0 Å². The van der Waals surface area contributed by atoms with Crippen LogP contribution in [0.1, 0.15) is 130 Å². The molecular formula is C49H57FO6. The lowest BCUT2D eigenvalue weighted by atomic mass is 9.84. The van der Waals surface area contributed by atoms with E-state index in [4.69, 9.17) is 23.7 Å². The maximum absolute atomic E-state index is 14.8. The average Bonchev–Trinajstić information content (AvgIpc) is 3.47. The summed E-state index contributed by atoms with van der Waals surface area (Å²) in [6.07, 6.45) is 12.3. The van der Waals surface area contributed by atoms with Gasteiger partial charge in [-0.25, -0.2) is 9.18 Å². The molecule has 1 heterocycles. The number of carbonyl (C=O) groups is 1. The monoisotopic (exact) mass is 760 g/mol. The Morgan fingerprint density at radius 2 is 1.32 bits per heavy atom. The highest BCUT2D eigenvalue weighted by Crippen LogP contribution is 2.46. The van der Waals surface area contributed by atoms with E-state index in [2.05, 4.69) is 44.7 Å². The molecule has 56 heavy (non-hydrogen) atoms. The van der Waals surface area contributed by atoms with Gasteiger partial charge >= 0.3 is 5.97 Å². The molecule has 1 saturated heterocycles. The molecule has 0 radical (unpaired) electrons. The van der Waals surface area contributed by atoms with Gasteiger partial charge in [-0.1, -0.05) is 83.3 Å². The van der Waals surface area contributed by atoms with Gasteiger partial charge in [0.1, 0.15) is 11.5 Å². The fourth-order valence-electron chi connectivity index (χ4n) is 7.30. The van der Waals surface area contributed by atoms with Gasteiger partial charge in [0.05, 0.1) is 38.6 Å². The van der Waals surface area contributed by atoms with E-state index in [1.807, 2.05) is 36.4 Å². The van der Waals surface area contributed by atoms with Crippen LogP contribution in [0, 0.1) is 23.1 Å². The minimum atomic E-state index is -0.414. The Bertz CT molecular complexity index is 1950. The van der Waals surface area contributed by atoms with E-state index < -0.39 is 11.8 Å². The summed E-state index contributed by atoms with van der Waals surface area (Å²) < 4.78 is 43.4. The highest BCUT2D eigenvalue weighted by atomic mass is 19.1. The van der Waals surface area contributed by atoms with Gasteiger partial charge in [0.15, 0.2) is 11.6 Å². The summed E-state index contributed by atoms with van der Waals surface area (Å²) >= 11 is 0. The molecule has 1 aliphatic heterocycles. The molecule has 296 valence electrons. The molecule has 0 amide bonds. The van der Waals surface area contributed by atoms with Gasteiger partial charge in [-0.2, -0.15) is 0 Å². The van der Waals surface area contributed by atoms with Crippen molar-refractivity contribution < 1.29 is 32.9 Å². The summed E-state index contributed by atoms with van der Waals surface area (Å²) in [5, 5.41) is 0. The van der Waals surface area contributed by atoms with Crippen molar-refractivity contribution in [2.45, 2.75) is 97.3 Å². The Balaban J connectivity index is 0.938. The highest BCUT2D eigenvalue weighted by molar-refractivity contribution is 5.91. The van der Waals surface area contributed by atoms with Crippen LogP contribution in [0.15, 0.2) is 78.9 Å². The molecule has 0 spiro atoms. The van der Waals surface area contributed by atoms with Crippen molar-refractivity contribution in [1.82, 2.24) is 0 Å². The third-order valence-electron chi connectivity index (χ3n) is 11.1. The Hall–Kier alpha value is -4.64. The van der Waals surface area contributed by atoms with Gasteiger partial charge in [0, 0.05) is 29.1 Å². The van der Waals surface area contributed by atoms with Crippen molar-refractivity contribution >= 4 is 5.97 Å². The number of unbranched alkanes of at least 4 members (excludes halogenated alkanes) is 8. The van der Waals surface area contributed by atoms with Crippen LogP contribution in [-0.4, -0.2) is 45.6 Å². The summed E-state index contributed by atoms with van der Waals surface area (Å²) in [7, 11) is 0. The minimum Gasteiger partial charge on any atom is -0.494 e. The Labute approximate surface area is 333 Å². The molecule has 6 rings (SSSR count). The molecule has 6 nitrogen and oxygen atoms in total. The van der Waals surface area contributed by atoms with E-state index >= 15 is 0 Å². The van der Waals surface area contributed by atoms with Crippen LogP contribution in [-0.2, 0) is 9.47 Å². The SMILES string of the molecule is CCCCCCCCOc1ccc(C#Cc2ccc3c(c2)C(C)c2cc(OC(=O)c4ccc(OCCCCCCOCC5(CC)COC5)cc4)ccc2-3)cc1F. The van der Waals surface area contributed by atoms with E-state index in [1.54, 1.807) is 24.3 Å². The molecular weight excluding hydrogens is 704 g/mol. The number of esters is 1. The number of benzene rings is 4. The number of ether oxygens (including phenoxy) is 5. The molecule has 7 heteroatoms. The zero-order chi connectivity index (χ0) is 39.2. The van der Waals surface area contributed by atoms with Crippen molar-refractivity contribution in [2.75, 3.05) is 39.6 Å². The standard InChI is InChI=1S/C49H57FO6/c1-4-6-7-8-9-14-29-55-47-26-18-38(31-46(47)50)16-15-37-17-24-42-43-25-23-41(32-45(43)36(3)44(42)30-37)56-48(51)39-19-21-40(22-20-39)54-28-13-11-10-12-27-52-33-49(5-2)34-53-35-49/h17-26,30-32,36H,4-14,27-29,33-35H2,1-3H3. The van der Waals surface area contributed by atoms with Crippen LogP contribution in [0.3, 0.4) is 0 Å². The van der Waals surface area contributed by atoms with Gasteiger partial charge in [-0.15, -0.1) is 0 Å².